The SMILES string of the molecule is Cn1cnc(S(=O)(=O)N2CCC(Nc3ncc(C(F)(F)F)c(-c4cn(-c5ccc(C#N)cc5Cl)cn4)n3)CC2)c1. The summed E-state index contributed by atoms with van der Waals surface area (Å²) in [6, 6.07) is 6.23. The zero-order valence-corrected chi connectivity index (χ0v) is 22.4. The van der Waals surface area contributed by atoms with Crippen LogP contribution in [0, 0.1) is 11.3 Å². The number of hydrogen-bond acceptors (Lipinski definition) is 8. The van der Waals surface area contributed by atoms with E-state index >= 15 is 0 Å². The van der Waals surface area contributed by atoms with E-state index in [1.165, 1.54) is 46.1 Å². The molecule has 1 aromatic carbocycles. The molecule has 208 valence electrons. The van der Waals surface area contributed by atoms with Gasteiger partial charge in [-0.3, -0.25) is 0 Å². The van der Waals surface area contributed by atoms with Crippen LogP contribution in [0.1, 0.15) is 24.0 Å². The molecule has 1 fully saturated rings. The molecule has 1 aliphatic heterocycles. The van der Waals surface area contributed by atoms with Crippen molar-refractivity contribution >= 4 is 27.6 Å². The fourth-order valence-electron chi connectivity index (χ4n) is 4.29. The van der Waals surface area contributed by atoms with Gasteiger partial charge in [-0.15, -0.1) is 0 Å². The molecule has 0 atom stereocenters. The number of nitrogens with one attached hydrogen (secondary N) is 1. The summed E-state index contributed by atoms with van der Waals surface area (Å²) < 4.78 is 71.5. The van der Waals surface area contributed by atoms with E-state index in [0.29, 0.717) is 30.3 Å². The Bertz CT molecular complexity index is 1700. The van der Waals surface area contributed by atoms with Crippen molar-refractivity contribution in [2.75, 3.05) is 18.4 Å². The van der Waals surface area contributed by atoms with Crippen molar-refractivity contribution < 1.29 is 21.6 Å². The number of hydrogen-bond donors (Lipinski definition) is 1. The number of aryl methyl sites for hydroxylation is 1. The first kappa shape index (κ1) is 27.6. The highest BCUT2D eigenvalue weighted by Crippen LogP contribution is 2.36. The number of sulfonamides is 1. The van der Waals surface area contributed by atoms with Crippen LogP contribution in [0.25, 0.3) is 17.1 Å². The predicted molar refractivity (Wildman–Crippen MR) is 138 cm³/mol. The fraction of sp³-hybridized carbons (Fsp3) is 0.292. The molecule has 1 N–H and O–H groups in total. The first-order chi connectivity index (χ1) is 19.0. The van der Waals surface area contributed by atoms with Gasteiger partial charge in [0.1, 0.15) is 23.3 Å². The maximum absolute atomic E-state index is 13.8. The Morgan fingerprint density at radius 1 is 1.12 bits per heavy atom. The number of aromatic nitrogens is 6. The zero-order chi connectivity index (χ0) is 28.7. The Morgan fingerprint density at radius 3 is 2.50 bits per heavy atom. The quantitative estimate of drug-likeness (QED) is 0.357. The number of halogens is 4. The number of nitriles is 1. The van der Waals surface area contributed by atoms with Gasteiger partial charge < -0.3 is 14.5 Å². The summed E-state index contributed by atoms with van der Waals surface area (Å²) in [7, 11) is -2.07. The molecule has 16 heteroatoms. The molecule has 5 rings (SSSR count). The Kier molecular flexibility index (Phi) is 7.25. The summed E-state index contributed by atoms with van der Waals surface area (Å²) in [6.45, 7) is 0.389. The molecular weight excluding hydrogens is 571 g/mol. The van der Waals surface area contributed by atoms with Crippen molar-refractivity contribution in [3.05, 3.63) is 65.6 Å². The topological polar surface area (TPSA) is 135 Å². The minimum atomic E-state index is -4.74. The summed E-state index contributed by atoms with van der Waals surface area (Å²) >= 11 is 6.25. The van der Waals surface area contributed by atoms with Gasteiger partial charge in [0.25, 0.3) is 10.0 Å². The first-order valence-corrected chi connectivity index (χ1v) is 13.7. The molecule has 0 spiro atoms. The van der Waals surface area contributed by atoms with Crippen LogP contribution < -0.4 is 5.32 Å². The van der Waals surface area contributed by atoms with Crippen LogP contribution >= 0.6 is 11.6 Å². The summed E-state index contributed by atoms with van der Waals surface area (Å²) in [5, 5.41) is 12.2. The molecule has 0 aliphatic carbocycles. The predicted octanol–water partition coefficient (Wildman–Crippen LogP) is 3.87. The lowest BCUT2D eigenvalue weighted by Crippen LogP contribution is -2.42. The molecule has 0 saturated carbocycles. The lowest BCUT2D eigenvalue weighted by Gasteiger charge is -2.31. The van der Waals surface area contributed by atoms with Gasteiger partial charge in [-0.1, -0.05) is 11.6 Å². The Balaban J connectivity index is 1.36. The van der Waals surface area contributed by atoms with Gasteiger partial charge in [0.15, 0.2) is 5.03 Å². The van der Waals surface area contributed by atoms with Crippen LogP contribution in [-0.4, -0.2) is 60.9 Å². The Morgan fingerprint density at radius 2 is 1.88 bits per heavy atom. The van der Waals surface area contributed by atoms with Crippen molar-refractivity contribution in [2.24, 2.45) is 7.05 Å². The van der Waals surface area contributed by atoms with Crippen molar-refractivity contribution in [3.63, 3.8) is 0 Å². The van der Waals surface area contributed by atoms with Crippen LogP contribution in [0.4, 0.5) is 19.1 Å². The number of benzene rings is 1. The van der Waals surface area contributed by atoms with E-state index in [1.54, 1.807) is 17.7 Å². The molecule has 11 nitrogen and oxygen atoms in total. The number of piperidine rings is 1. The van der Waals surface area contributed by atoms with Crippen molar-refractivity contribution in [3.8, 4) is 23.1 Å². The smallest absolute Gasteiger partial charge is 0.351 e. The third kappa shape index (κ3) is 5.51. The minimum absolute atomic E-state index is 0.0417. The van der Waals surface area contributed by atoms with Crippen LogP contribution in [0.3, 0.4) is 0 Å². The van der Waals surface area contributed by atoms with E-state index < -0.39 is 27.5 Å². The molecule has 0 bridgehead atoms. The highest BCUT2D eigenvalue weighted by atomic mass is 35.5. The summed E-state index contributed by atoms with van der Waals surface area (Å²) in [4.78, 5) is 16.1. The van der Waals surface area contributed by atoms with Gasteiger partial charge in [0, 0.05) is 44.8 Å². The van der Waals surface area contributed by atoms with Crippen LogP contribution in [-0.2, 0) is 23.2 Å². The van der Waals surface area contributed by atoms with Crippen molar-refractivity contribution in [1.29, 1.82) is 5.26 Å². The van der Waals surface area contributed by atoms with E-state index in [0.717, 1.165) is 0 Å². The van der Waals surface area contributed by atoms with Gasteiger partial charge in [-0.2, -0.15) is 22.7 Å². The molecule has 0 amide bonds. The Hall–Kier alpha value is -4.00. The second-order valence-corrected chi connectivity index (χ2v) is 11.4. The van der Waals surface area contributed by atoms with Crippen molar-refractivity contribution in [2.45, 2.75) is 30.1 Å². The maximum Gasteiger partial charge on any atom is 0.420 e. The molecule has 1 aliphatic rings. The third-order valence-corrected chi connectivity index (χ3v) is 8.43. The second-order valence-electron chi connectivity index (χ2n) is 9.10. The highest BCUT2D eigenvalue weighted by Gasteiger charge is 2.37. The molecule has 3 aromatic heterocycles. The average Bonchev–Trinajstić information content (AvgIpc) is 3.58. The lowest BCUT2D eigenvalue weighted by molar-refractivity contribution is -0.137. The number of alkyl halides is 3. The average molecular weight is 592 g/mol. The number of anilines is 1. The number of imidazole rings is 2. The van der Waals surface area contributed by atoms with E-state index in [-0.39, 0.29) is 40.8 Å². The summed E-state index contributed by atoms with van der Waals surface area (Å²) in [6.07, 6.45) is 2.21. The summed E-state index contributed by atoms with van der Waals surface area (Å²) in [5.74, 6) is -0.0417. The largest absolute Gasteiger partial charge is 0.420 e. The van der Waals surface area contributed by atoms with Gasteiger partial charge in [-0.25, -0.2) is 28.4 Å². The lowest BCUT2D eigenvalue weighted by atomic mass is 10.1. The third-order valence-electron chi connectivity index (χ3n) is 6.35. The van der Waals surface area contributed by atoms with E-state index in [1.807, 2.05) is 6.07 Å². The monoisotopic (exact) mass is 591 g/mol. The van der Waals surface area contributed by atoms with Gasteiger partial charge in [0.2, 0.25) is 5.95 Å². The van der Waals surface area contributed by atoms with E-state index in [2.05, 4.69) is 25.3 Å². The molecule has 40 heavy (non-hydrogen) atoms. The number of rotatable bonds is 6. The second kappa shape index (κ2) is 10.5. The van der Waals surface area contributed by atoms with Gasteiger partial charge in [0.05, 0.1) is 28.7 Å². The van der Waals surface area contributed by atoms with Gasteiger partial charge in [-0.05, 0) is 31.0 Å². The van der Waals surface area contributed by atoms with E-state index in [4.69, 9.17) is 16.9 Å². The molecule has 1 saturated heterocycles. The minimum Gasteiger partial charge on any atom is -0.351 e. The fourth-order valence-corrected chi connectivity index (χ4v) is 6.01. The molecule has 0 unspecified atom stereocenters. The zero-order valence-electron chi connectivity index (χ0n) is 20.8. The highest BCUT2D eigenvalue weighted by molar-refractivity contribution is 7.89. The van der Waals surface area contributed by atoms with Gasteiger partial charge >= 0.3 is 6.18 Å². The Labute approximate surface area is 231 Å². The van der Waals surface area contributed by atoms with Crippen LogP contribution in [0.2, 0.25) is 5.02 Å². The number of nitrogens with zero attached hydrogens (tertiary/aromatic N) is 8. The van der Waals surface area contributed by atoms with Crippen molar-refractivity contribution in [1.82, 2.24) is 33.4 Å². The normalized spacial score (nSPS) is 15.2. The summed E-state index contributed by atoms with van der Waals surface area (Å²) in [5.41, 5.74) is -0.795. The first-order valence-electron chi connectivity index (χ1n) is 11.9. The van der Waals surface area contributed by atoms with Crippen LogP contribution in [0.5, 0.6) is 0 Å². The van der Waals surface area contributed by atoms with E-state index in [9.17, 15) is 21.6 Å². The maximum atomic E-state index is 13.8. The molecule has 4 aromatic rings. The molecule has 0 radical (unpaired) electrons. The van der Waals surface area contributed by atoms with Crippen LogP contribution in [0.15, 0.2) is 54.5 Å². The standard InChI is InChI=1S/C24H21ClF3N9O2S/c1-35-12-21(32-13-35)40(38,39)37-6-4-16(5-7-37)33-23-30-10-17(24(26,27)28)22(34-23)19-11-36(14-31-19)20-3-2-15(9-29)8-18(20)25/h2-3,8,10-14,16H,4-7H2,1H3,(H,30,33,34). The molecule has 4 heterocycles. The molecular formula is C24H21ClF3N9O2S.